The molecule has 0 spiro atoms. The van der Waals surface area contributed by atoms with Crippen molar-refractivity contribution in [3.63, 3.8) is 0 Å². The van der Waals surface area contributed by atoms with Crippen LogP contribution in [0.15, 0.2) is 48.5 Å². The van der Waals surface area contributed by atoms with Gasteiger partial charge in [0.05, 0.1) is 19.3 Å². The molecule has 126 valence electrons. The summed E-state index contributed by atoms with van der Waals surface area (Å²) in [5, 5.41) is 0. The van der Waals surface area contributed by atoms with Gasteiger partial charge in [-0.3, -0.25) is 4.79 Å². The van der Waals surface area contributed by atoms with Crippen LogP contribution in [-0.2, 0) is 17.0 Å². The van der Waals surface area contributed by atoms with Gasteiger partial charge in [-0.25, -0.2) is 4.39 Å². The number of ether oxygens (including phenoxy) is 1. The molecule has 1 amide bonds. The Morgan fingerprint density at radius 2 is 1.71 bits per heavy atom. The number of rotatable bonds is 3. The molecule has 1 atom stereocenters. The summed E-state index contributed by atoms with van der Waals surface area (Å²) in [6, 6.07) is 11.5. The van der Waals surface area contributed by atoms with Crippen LogP contribution in [0.4, 0.5) is 23.2 Å². The lowest BCUT2D eigenvalue weighted by Gasteiger charge is -2.23. The number of benzene rings is 2. The highest BCUT2D eigenvalue weighted by Crippen LogP contribution is 2.52. The smallest absolute Gasteiger partial charge is 0.436 e. The standard InChI is InChI=1S/C17H13F4NO2/c1-24-12-8-6-11(7-9-12)10-22-14-5-3-2-4-13(14)16(18,15(22)23)17(19,20)21/h2-9H,10H2,1H3. The maximum atomic E-state index is 14.7. The van der Waals surface area contributed by atoms with E-state index in [0.29, 0.717) is 11.3 Å². The molecule has 3 rings (SSSR count). The van der Waals surface area contributed by atoms with Gasteiger partial charge < -0.3 is 9.64 Å². The molecule has 3 nitrogen and oxygen atoms in total. The van der Waals surface area contributed by atoms with Crippen molar-refractivity contribution in [2.75, 3.05) is 12.0 Å². The molecular weight excluding hydrogens is 326 g/mol. The van der Waals surface area contributed by atoms with Gasteiger partial charge in [-0.05, 0) is 23.8 Å². The first-order chi connectivity index (χ1) is 11.3. The van der Waals surface area contributed by atoms with E-state index >= 15 is 0 Å². The van der Waals surface area contributed by atoms with Crippen molar-refractivity contribution in [1.29, 1.82) is 0 Å². The topological polar surface area (TPSA) is 29.5 Å². The minimum absolute atomic E-state index is 0.0712. The lowest BCUT2D eigenvalue weighted by Crippen LogP contribution is -2.47. The first kappa shape index (κ1) is 16.3. The van der Waals surface area contributed by atoms with E-state index in [9.17, 15) is 22.4 Å². The average molecular weight is 339 g/mol. The molecule has 1 aliphatic rings. The Kier molecular flexibility index (Phi) is 3.74. The van der Waals surface area contributed by atoms with E-state index in [1.54, 1.807) is 24.3 Å². The van der Waals surface area contributed by atoms with Crippen LogP contribution in [0.25, 0.3) is 0 Å². The Labute approximate surface area is 135 Å². The summed E-state index contributed by atoms with van der Waals surface area (Å²) >= 11 is 0. The third-order valence-corrected chi connectivity index (χ3v) is 4.00. The molecule has 1 aliphatic heterocycles. The SMILES string of the molecule is COc1ccc(CN2C(=O)C(F)(C(F)(F)F)c3ccccc32)cc1. The predicted molar refractivity (Wildman–Crippen MR) is 79.5 cm³/mol. The lowest BCUT2D eigenvalue weighted by atomic mass is 9.97. The molecule has 2 aromatic rings. The van der Waals surface area contributed by atoms with Crippen LogP contribution in [0.3, 0.4) is 0 Å². The Balaban J connectivity index is 2.01. The Bertz CT molecular complexity index is 773. The maximum Gasteiger partial charge on any atom is 0.436 e. The number of carbonyl (C=O) groups is 1. The quantitative estimate of drug-likeness (QED) is 0.792. The van der Waals surface area contributed by atoms with Gasteiger partial charge in [0, 0.05) is 5.56 Å². The van der Waals surface area contributed by atoms with Crippen molar-refractivity contribution in [2.45, 2.75) is 18.4 Å². The summed E-state index contributed by atoms with van der Waals surface area (Å²) in [6.07, 6.45) is -5.32. The molecule has 1 unspecified atom stereocenters. The van der Waals surface area contributed by atoms with Crippen LogP contribution in [-0.4, -0.2) is 19.2 Å². The van der Waals surface area contributed by atoms with Crippen LogP contribution < -0.4 is 9.64 Å². The highest BCUT2D eigenvalue weighted by atomic mass is 19.4. The van der Waals surface area contributed by atoms with Crippen LogP contribution in [0, 0.1) is 0 Å². The Morgan fingerprint density at radius 3 is 2.29 bits per heavy atom. The first-order valence-corrected chi connectivity index (χ1v) is 7.09. The average Bonchev–Trinajstić information content (AvgIpc) is 2.78. The lowest BCUT2D eigenvalue weighted by molar-refractivity contribution is -0.227. The highest BCUT2D eigenvalue weighted by molar-refractivity contribution is 6.07. The minimum atomic E-state index is -5.32. The van der Waals surface area contributed by atoms with Gasteiger partial charge in [0.25, 0.3) is 5.91 Å². The summed E-state index contributed by atoms with van der Waals surface area (Å²) < 4.78 is 59.5. The van der Waals surface area contributed by atoms with E-state index in [-0.39, 0.29) is 12.2 Å². The van der Waals surface area contributed by atoms with E-state index < -0.39 is 23.3 Å². The van der Waals surface area contributed by atoms with Gasteiger partial charge in [0.1, 0.15) is 5.75 Å². The molecule has 0 bridgehead atoms. The van der Waals surface area contributed by atoms with Gasteiger partial charge in [-0.15, -0.1) is 0 Å². The van der Waals surface area contributed by atoms with E-state index in [4.69, 9.17) is 4.74 Å². The molecular formula is C17H13F4NO2. The van der Waals surface area contributed by atoms with E-state index in [1.807, 2.05) is 0 Å². The molecule has 0 aromatic heterocycles. The monoisotopic (exact) mass is 339 g/mol. The molecule has 1 heterocycles. The molecule has 7 heteroatoms. The van der Waals surface area contributed by atoms with E-state index in [1.165, 1.54) is 25.3 Å². The third-order valence-electron chi connectivity index (χ3n) is 4.00. The Morgan fingerprint density at radius 1 is 1.08 bits per heavy atom. The molecule has 0 N–H and O–H groups in total. The number of hydrogen-bond acceptors (Lipinski definition) is 2. The fourth-order valence-electron chi connectivity index (χ4n) is 2.76. The zero-order valence-electron chi connectivity index (χ0n) is 12.6. The number of methoxy groups -OCH3 is 1. The molecule has 0 fully saturated rings. The normalized spacial score (nSPS) is 20.2. The van der Waals surface area contributed by atoms with Crippen molar-refractivity contribution in [3.8, 4) is 5.75 Å². The molecule has 0 aliphatic carbocycles. The molecule has 0 saturated carbocycles. The van der Waals surface area contributed by atoms with Gasteiger partial charge in [0.15, 0.2) is 0 Å². The fourth-order valence-corrected chi connectivity index (χ4v) is 2.76. The van der Waals surface area contributed by atoms with Crippen molar-refractivity contribution in [3.05, 3.63) is 59.7 Å². The summed E-state index contributed by atoms with van der Waals surface area (Å²) in [7, 11) is 1.48. The molecule has 24 heavy (non-hydrogen) atoms. The zero-order chi connectivity index (χ0) is 17.5. The third kappa shape index (κ3) is 2.31. The summed E-state index contributed by atoms with van der Waals surface area (Å²) in [5.41, 5.74) is -4.20. The number of hydrogen-bond donors (Lipinski definition) is 0. The fraction of sp³-hybridized carbons (Fsp3) is 0.235. The molecule has 0 radical (unpaired) electrons. The summed E-state index contributed by atoms with van der Waals surface area (Å²) in [6.45, 7) is -0.165. The largest absolute Gasteiger partial charge is 0.497 e. The molecule has 0 saturated heterocycles. The van der Waals surface area contributed by atoms with E-state index in [2.05, 4.69) is 0 Å². The van der Waals surface area contributed by atoms with Crippen molar-refractivity contribution < 1.29 is 27.1 Å². The summed E-state index contributed by atoms with van der Waals surface area (Å²) in [5.74, 6) is -1.05. The highest BCUT2D eigenvalue weighted by Gasteiger charge is 2.68. The van der Waals surface area contributed by atoms with Gasteiger partial charge >= 0.3 is 11.8 Å². The number of halogens is 4. The Hall–Kier alpha value is -2.57. The zero-order valence-corrected chi connectivity index (χ0v) is 12.6. The van der Waals surface area contributed by atoms with Gasteiger partial charge in [-0.2, -0.15) is 13.2 Å². The van der Waals surface area contributed by atoms with Crippen LogP contribution in [0.1, 0.15) is 11.1 Å². The van der Waals surface area contributed by atoms with Crippen molar-refractivity contribution in [2.24, 2.45) is 0 Å². The van der Waals surface area contributed by atoms with Crippen LogP contribution >= 0.6 is 0 Å². The van der Waals surface area contributed by atoms with Crippen molar-refractivity contribution in [1.82, 2.24) is 0 Å². The minimum Gasteiger partial charge on any atom is -0.497 e. The second-order valence-corrected chi connectivity index (χ2v) is 5.41. The van der Waals surface area contributed by atoms with Crippen molar-refractivity contribution >= 4 is 11.6 Å². The van der Waals surface area contributed by atoms with Gasteiger partial charge in [-0.1, -0.05) is 30.3 Å². The number of fused-ring (bicyclic) bond motifs is 1. The van der Waals surface area contributed by atoms with Crippen LogP contribution in [0.2, 0.25) is 0 Å². The predicted octanol–water partition coefficient (Wildman–Crippen LogP) is 3.97. The number of anilines is 1. The number of amides is 1. The van der Waals surface area contributed by atoms with Crippen LogP contribution in [0.5, 0.6) is 5.75 Å². The number of alkyl halides is 4. The maximum absolute atomic E-state index is 14.7. The second kappa shape index (κ2) is 5.51. The second-order valence-electron chi connectivity index (χ2n) is 5.41. The van der Waals surface area contributed by atoms with E-state index in [0.717, 1.165) is 11.0 Å². The summed E-state index contributed by atoms with van der Waals surface area (Å²) in [4.78, 5) is 13.1. The number of carbonyl (C=O) groups excluding carboxylic acids is 1. The first-order valence-electron chi connectivity index (χ1n) is 7.09. The number of nitrogens with zero attached hydrogens (tertiary/aromatic N) is 1. The number of para-hydroxylation sites is 1. The van der Waals surface area contributed by atoms with Gasteiger partial charge in [0.2, 0.25) is 0 Å². The molecule has 2 aromatic carbocycles.